The van der Waals surface area contributed by atoms with Gasteiger partial charge in [-0.05, 0) is 25.0 Å². The number of alkyl carbamates (subject to hydrolysis) is 1. The minimum Gasteiger partial charge on any atom is -0.444 e. The van der Waals surface area contributed by atoms with Crippen LogP contribution in [0.15, 0.2) is 35.3 Å². The lowest BCUT2D eigenvalue weighted by atomic mass is 10.1. The first-order valence-corrected chi connectivity index (χ1v) is 11.0. The Labute approximate surface area is 194 Å². The smallest absolute Gasteiger partial charge is 0.407 e. The maximum Gasteiger partial charge on any atom is 0.407 e. The number of benzene rings is 1. The molecule has 3 amide bonds. The molecule has 4 rings (SSSR count). The number of rotatable bonds is 4. The number of urea groups is 1. The molecule has 10 nitrogen and oxygen atoms in total. The molecule has 2 saturated heterocycles. The van der Waals surface area contributed by atoms with E-state index in [0.29, 0.717) is 51.1 Å². The highest BCUT2D eigenvalue weighted by atomic mass is 35.5. The number of hydrogen-bond acceptors (Lipinski definition) is 6. The van der Waals surface area contributed by atoms with E-state index in [9.17, 15) is 18.8 Å². The van der Waals surface area contributed by atoms with Crippen LogP contribution in [0.4, 0.5) is 25.4 Å². The Morgan fingerprint density at radius 1 is 1.18 bits per heavy atom. The second kappa shape index (κ2) is 10.1. The van der Waals surface area contributed by atoms with E-state index >= 15 is 0 Å². The summed E-state index contributed by atoms with van der Waals surface area (Å²) in [6.45, 7) is 1.85. The van der Waals surface area contributed by atoms with Gasteiger partial charge in [-0.1, -0.05) is 23.7 Å². The van der Waals surface area contributed by atoms with Gasteiger partial charge in [-0.15, -0.1) is 0 Å². The number of ether oxygens (including phenoxy) is 1. The van der Waals surface area contributed by atoms with Gasteiger partial charge in [0.1, 0.15) is 16.9 Å². The lowest BCUT2D eigenvalue weighted by Gasteiger charge is -2.32. The van der Waals surface area contributed by atoms with Crippen LogP contribution >= 0.6 is 11.6 Å². The summed E-state index contributed by atoms with van der Waals surface area (Å²) in [7, 11) is 0. The number of piperidine rings is 1. The van der Waals surface area contributed by atoms with Gasteiger partial charge in [0.15, 0.2) is 0 Å². The van der Waals surface area contributed by atoms with E-state index in [1.165, 1.54) is 18.3 Å². The Balaban J connectivity index is 1.20. The van der Waals surface area contributed by atoms with Crippen molar-refractivity contribution in [2.45, 2.75) is 31.4 Å². The minimum absolute atomic E-state index is 0.0564. The summed E-state index contributed by atoms with van der Waals surface area (Å²) in [5.74, 6) is -0.492. The molecule has 176 valence electrons. The lowest BCUT2D eigenvalue weighted by molar-refractivity contribution is 0.101. The van der Waals surface area contributed by atoms with Gasteiger partial charge in [-0.2, -0.15) is 5.10 Å². The normalized spacial score (nSPS) is 18.8. The number of H-pyrrole nitrogens is 1. The van der Waals surface area contributed by atoms with Gasteiger partial charge in [0.25, 0.3) is 5.56 Å². The number of nitrogens with one attached hydrogen (secondary N) is 3. The Kier molecular flexibility index (Phi) is 6.97. The molecule has 1 atom stereocenters. The number of aromatic amines is 1. The van der Waals surface area contributed by atoms with E-state index in [1.807, 2.05) is 4.90 Å². The molecule has 0 bridgehead atoms. The van der Waals surface area contributed by atoms with Crippen molar-refractivity contribution < 1.29 is 18.7 Å². The zero-order valence-corrected chi connectivity index (χ0v) is 18.5. The van der Waals surface area contributed by atoms with Crippen molar-refractivity contribution in [3.05, 3.63) is 51.7 Å². The number of anilines is 2. The van der Waals surface area contributed by atoms with Crippen molar-refractivity contribution in [1.29, 1.82) is 0 Å². The van der Waals surface area contributed by atoms with Crippen molar-refractivity contribution in [2.24, 2.45) is 0 Å². The zero-order valence-electron chi connectivity index (χ0n) is 17.7. The molecule has 2 aliphatic heterocycles. The number of likely N-dealkylation sites (tertiary alicyclic amines) is 1. The predicted molar refractivity (Wildman–Crippen MR) is 120 cm³/mol. The molecule has 2 aliphatic rings. The quantitative estimate of drug-likeness (QED) is 0.621. The lowest BCUT2D eigenvalue weighted by Crippen LogP contribution is -2.48. The summed E-state index contributed by atoms with van der Waals surface area (Å²) in [6, 6.07) is 5.49. The van der Waals surface area contributed by atoms with Crippen LogP contribution < -0.4 is 21.1 Å². The topological polar surface area (TPSA) is 120 Å². The maximum absolute atomic E-state index is 13.7. The molecule has 1 aromatic heterocycles. The summed E-state index contributed by atoms with van der Waals surface area (Å²) in [6.07, 6.45) is 2.33. The Hall–Kier alpha value is -3.34. The number of para-hydroxylation sites is 1. The highest BCUT2D eigenvalue weighted by Gasteiger charge is 2.30. The molecule has 0 unspecified atom stereocenters. The molecule has 3 N–H and O–H groups in total. The first-order valence-electron chi connectivity index (χ1n) is 10.7. The summed E-state index contributed by atoms with van der Waals surface area (Å²) < 4.78 is 19.3. The first kappa shape index (κ1) is 22.8. The van der Waals surface area contributed by atoms with Gasteiger partial charge in [0, 0.05) is 32.1 Å². The van der Waals surface area contributed by atoms with E-state index in [1.54, 1.807) is 17.0 Å². The average Bonchev–Trinajstić information content (AvgIpc) is 3.25. The Morgan fingerprint density at radius 2 is 1.94 bits per heavy atom. The third kappa shape index (κ3) is 5.54. The van der Waals surface area contributed by atoms with E-state index < -0.39 is 17.5 Å². The van der Waals surface area contributed by atoms with Crippen molar-refractivity contribution in [3.8, 4) is 0 Å². The van der Waals surface area contributed by atoms with Crippen LogP contribution in [-0.4, -0.2) is 65.5 Å². The molecule has 2 aromatic rings. The third-order valence-corrected chi connectivity index (χ3v) is 6.12. The second-order valence-electron chi connectivity index (χ2n) is 7.98. The Bertz CT molecular complexity index is 1070. The van der Waals surface area contributed by atoms with Crippen molar-refractivity contribution in [2.75, 3.05) is 36.4 Å². The molecular weight excluding hydrogens is 455 g/mol. The van der Waals surface area contributed by atoms with Crippen LogP contribution in [0.2, 0.25) is 5.02 Å². The van der Waals surface area contributed by atoms with E-state index in [-0.39, 0.29) is 28.9 Å². The van der Waals surface area contributed by atoms with E-state index in [4.69, 9.17) is 16.3 Å². The predicted octanol–water partition coefficient (Wildman–Crippen LogP) is 2.56. The monoisotopic (exact) mass is 478 g/mol. The first-order chi connectivity index (χ1) is 15.9. The average molecular weight is 479 g/mol. The molecular formula is C21H24ClFN6O4. The van der Waals surface area contributed by atoms with Crippen molar-refractivity contribution in [3.63, 3.8) is 0 Å². The van der Waals surface area contributed by atoms with Gasteiger partial charge in [0.05, 0.1) is 24.1 Å². The second-order valence-corrected chi connectivity index (χ2v) is 8.35. The number of hydrogen-bond donors (Lipinski definition) is 3. The SMILES string of the molecule is O=C(NC1CCN(C(=O)Nc2ccccc2F)CC1)O[C@@H]1CCN(c2cn[nH]c(=O)c2Cl)C1. The molecule has 12 heteroatoms. The third-order valence-electron chi connectivity index (χ3n) is 5.76. The molecule has 2 fully saturated rings. The van der Waals surface area contributed by atoms with Gasteiger partial charge in [-0.25, -0.2) is 19.1 Å². The maximum atomic E-state index is 13.7. The molecule has 3 heterocycles. The molecule has 0 aliphatic carbocycles. The van der Waals surface area contributed by atoms with Gasteiger partial charge in [0.2, 0.25) is 0 Å². The van der Waals surface area contributed by atoms with Crippen molar-refractivity contribution in [1.82, 2.24) is 20.4 Å². The van der Waals surface area contributed by atoms with Crippen LogP contribution in [0, 0.1) is 5.82 Å². The van der Waals surface area contributed by atoms with Gasteiger partial charge < -0.3 is 25.2 Å². The summed E-state index contributed by atoms with van der Waals surface area (Å²) in [5.41, 5.74) is 0.173. The molecule has 0 radical (unpaired) electrons. The van der Waals surface area contributed by atoms with E-state index in [0.717, 1.165) is 0 Å². The minimum atomic E-state index is -0.522. The van der Waals surface area contributed by atoms with Crippen molar-refractivity contribution >= 4 is 35.1 Å². The number of aromatic nitrogens is 2. The van der Waals surface area contributed by atoms with Crippen LogP contribution in [-0.2, 0) is 4.74 Å². The molecule has 0 saturated carbocycles. The molecule has 0 spiro atoms. The van der Waals surface area contributed by atoms with Gasteiger partial charge >= 0.3 is 12.1 Å². The number of amides is 3. The highest BCUT2D eigenvalue weighted by Crippen LogP contribution is 2.26. The number of carbonyl (C=O) groups excluding carboxylic acids is 2. The van der Waals surface area contributed by atoms with Gasteiger partial charge in [-0.3, -0.25) is 4.79 Å². The van der Waals surface area contributed by atoms with Crippen LogP contribution in [0.25, 0.3) is 0 Å². The fraction of sp³-hybridized carbons (Fsp3) is 0.429. The molecule has 1 aromatic carbocycles. The number of halogens is 2. The number of nitrogens with zero attached hydrogens (tertiary/aromatic N) is 3. The summed E-state index contributed by atoms with van der Waals surface area (Å²) >= 11 is 6.05. The standard InChI is InChI=1S/C21H24ClFN6O4/c22-18-17(11-24-27-19(18)30)29-10-7-14(12-29)33-21(32)25-13-5-8-28(9-6-13)20(31)26-16-4-2-1-3-15(16)23/h1-4,11,13-14H,5-10,12H2,(H,25,32)(H,26,31)(H,27,30)/t14-/m1/s1. The highest BCUT2D eigenvalue weighted by molar-refractivity contribution is 6.33. The summed E-state index contributed by atoms with van der Waals surface area (Å²) in [5, 5.41) is 11.5. The van der Waals surface area contributed by atoms with E-state index in [2.05, 4.69) is 20.8 Å². The van der Waals surface area contributed by atoms with Crippen LogP contribution in [0.1, 0.15) is 19.3 Å². The molecule has 33 heavy (non-hydrogen) atoms. The van der Waals surface area contributed by atoms with Crippen LogP contribution in [0.3, 0.4) is 0 Å². The largest absolute Gasteiger partial charge is 0.444 e. The Morgan fingerprint density at radius 3 is 2.70 bits per heavy atom. The fourth-order valence-electron chi connectivity index (χ4n) is 3.97. The fourth-order valence-corrected chi connectivity index (χ4v) is 4.18. The van der Waals surface area contributed by atoms with Crippen LogP contribution in [0.5, 0.6) is 0 Å². The summed E-state index contributed by atoms with van der Waals surface area (Å²) in [4.78, 5) is 39.8. The number of carbonyl (C=O) groups is 2. The zero-order chi connectivity index (χ0) is 23.4.